The molecule has 0 saturated carbocycles. The van der Waals surface area contributed by atoms with Crippen LogP contribution < -0.4 is 10.1 Å². The number of benzene rings is 1. The molecule has 1 N–H and O–H groups in total. The minimum Gasteiger partial charge on any atom is -0.479 e. The van der Waals surface area contributed by atoms with E-state index in [-0.39, 0.29) is 10.8 Å². The number of amides is 1. The smallest absolute Gasteiger partial charge is 0.405 e. The van der Waals surface area contributed by atoms with Crippen molar-refractivity contribution >= 4 is 29.1 Å². The molecule has 1 aromatic rings. The lowest BCUT2D eigenvalue weighted by atomic mass is 10.3. The van der Waals surface area contributed by atoms with E-state index in [1.807, 2.05) is 0 Å². The van der Waals surface area contributed by atoms with Crippen molar-refractivity contribution in [3.05, 3.63) is 28.2 Å². The number of hydrogen-bond acceptors (Lipinski definition) is 2. The normalized spacial score (nSPS) is 12.9. The molecule has 0 spiro atoms. The Bertz CT molecular complexity index is 466. The average molecular weight is 316 g/mol. The molecule has 0 radical (unpaired) electrons. The van der Waals surface area contributed by atoms with E-state index in [2.05, 4.69) is 0 Å². The summed E-state index contributed by atoms with van der Waals surface area (Å²) in [6.45, 7) is -0.0927. The maximum Gasteiger partial charge on any atom is 0.405 e. The average Bonchev–Trinajstić information content (AvgIpc) is 2.28. The minimum atomic E-state index is -4.46. The van der Waals surface area contributed by atoms with Crippen molar-refractivity contribution in [2.24, 2.45) is 0 Å². The zero-order valence-corrected chi connectivity index (χ0v) is 11.2. The zero-order chi connectivity index (χ0) is 14.6. The fraction of sp³-hybridized carbons (Fsp3) is 0.364. The second kappa shape index (κ2) is 6.34. The molecule has 1 aromatic carbocycles. The molecule has 106 valence electrons. The van der Waals surface area contributed by atoms with Gasteiger partial charge >= 0.3 is 6.18 Å². The fourth-order valence-corrected chi connectivity index (χ4v) is 1.60. The van der Waals surface area contributed by atoms with Crippen LogP contribution in [0.15, 0.2) is 18.2 Å². The lowest BCUT2D eigenvalue weighted by Gasteiger charge is -2.16. The molecule has 19 heavy (non-hydrogen) atoms. The number of rotatable bonds is 4. The van der Waals surface area contributed by atoms with E-state index in [0.29, 0.717) is 5.02 Å². The first kappa shape index (κ1) is 15.9. The van der Waals surface area contributed by atoms with E-state index in [0.717, 1.165) is 0 Å². The van der Waals surface area contributed by atoms with Gasteiger partial charge in [-0.25, -0.2) is 0 Å². The molecule has 1 amide bonds. The molecule has 0 heterocycles. The highest BCUT2D eigenvalue weighted by Crippen LogP contribution is 2.28. The fourth-order valence-electron chi connectivity index (χ4n) is 1.15. The second-order valence-electron chi connectivity index (χ2n) is 3.67. The minimum absolute atomic E-state index is 0.167. The largest absolute Gasteiger partial charge is 0.479 e. The number of halogens is 5. The molecule has 0 aromatic heterocycles. The van der Waals surface area contributed by atoms with Crippen molar-refractivity contribution < 1.29 is 22.7 Å². The van der Waals surface area contributed by atoms with Crippen LogP contribution in [-0.4, -0.2) is 24.7 Å². The molecule has 1 unspecified atom stereocenters. The van der Waals surface area contributed by atoms with Crippen LogP contribution >= 0.6 is 23.2 Å². The monoisotopic (exact) mass is 315 g/mol. The van der Waals surface area contributed by atoms with E-state index >= 15 is 0 Å². The SMILES string of the molecule is CC(Oc1ccc(Cl)cc1Cl)C(=O)NCC(F)(F)F. The highest BCUT2D eigenvalue weighted by Gasteiger charge is 2.29. The number of alkyl halides is 3. The molecular formula is C11H10Cl2F3NO2. The first-order valence-corrected chi connectivity index (χ1v) is 5.91. The van der Waals surface area contributed by atoms with Crippen LogP contribution in [0.3, 0.4) is 0 Å². The van der Waals surface area contributed by atoms with Gasteiger partial charge in [-0.3, -0.25) is 4.79 Å². The van der Waals surface area contributed by atoms with Crippen molar-refractivity contribution in [3.63, 3.8) is 0 Å². The summed E-state index contributed by atoms with van der Waals surface area (Å²) in [5, 5.41) is 2.27. The van der Waals surface area contributed by atoms with Gasteiger partial charge in [-0.15, -0.1) is 0 Å². The van der Waals surface area contributed by atoms with Crippen molar-refractivity contribution in [1.29, 1.82) is 0 Å². The predicted molar refractivity (Wildman–Crippen MR) is 65.6 cm³/mol. The Morgan fingerprint density at radius 2 is 2.05 bits per heavy atom. The van der Waals surface area contributed by atoms with Crippen molar-refractivity contribution in [2.45, 2.75) is 19.2 Å². The van der Waals surface area contributed by atoms with Gasteiger partial charge in [-0.1, -0.05) is 23.2 Å². The van der Waals surface area contributed by atoms with Crippen LogP contribution in [0.1, 0.15) is 6.92 Å². The van der Waals surface area contributed by atoms with Gasteiger partial charge < -0.3 is 10.1 Å². The topological polar surface area (TPSA) is 38.3 Å². The number of carbonyl (C=O) groups excluding carboxylic acids is 1. The van der Waals surface area contributed by atoms with Gasteiger partial charge in [0.2, 0.25) is 0 Å². The van der Waals surface area contributed by atoms with Gasteiger partial charge in [-0.2, -0.15) is 13.2 Å². The van der Waals surface area contributed by atoms with Gasteiger partial charge in [0, 0.05) is 5.02 Å². The molecule has 0 fully saturated rings. The highest BCUT2D eigenvalue weighted by molar-refractivity contribution is 6.35. The van der Waals surface area contributed by atoms with Crippen LogP contribution in [0.5, 0.6) is 5.75 Å². The van der Waals surface area contributed by atoms with Gasteiger partial charge in [0.15, 0.2) is 6.10 Å². The first-order chi connectivity index (χ1) is 8.69. The summed E-state index contributed by atoms with van der Waals surface area (Å²) in [5.74, 6) is -0.718. The van der Waals surface area contributed by atoms with Crippen LogP contribution in [0, 0.1) is 0 Å². The molecule has 0 saturated heterocycles. The Labute approximate surface area is 117 Å². The molecular weight excluding hydrogens is 306 g/mol. The van der Waals surface area contributed by atoms with Crippen molar-refractivity contribution in [3.8, 4) is 5.75 Å². The lowest BCUT2D eigenvalue weighted by Crippen LogP contribution is -2.41. The number of carbonyl (C=O) groups is 1. The van der Waals surface area contributed by atoms with Gasteiger partial charge in [0.05, 0.1) is 5.02 Å². The predicted octanol–water partition coefficient (Wildman–Crippen LogP) is 3.44. The summed E-state index contributed by atoms with van der Waals surface area (Å²) in [7, 11) is 0. The maximum absolute atomic E-state index is 11.9. The van der Waals surface area contributed by atoms with E-state index in [1.54, 1.807) is 5.32 Å². The van der Waals surface area contributed by atoms with Gasteiger partial charge in [0.25, 0.3) is 5.91 Å². The summed E-state index contributed by atoms with van der Waals surface area (Å²) in [4.78, 5) is 11.4. The third-order valence-electron chi connectivity index (χ3n) is 2.03. The second-order valence-corrected chi connectivity index (χ2v) is 4.51. The van der Waals surface area contributed by atoms with E-state index in [4.69, 9.17) is 27.9 Å². The quantitative estimate of drug-likeness (QED) is 0.924. The molecule has 1 atom stereocenters. The van der Waals surface area contributed by atoms with Crippen molar-refractivity contribution in [1.82, 2.24) is 5.32 Å². The van der Waals surface area contributed by atoms with Crippen LogP contribution in [0.25, 0.3) is 0 Å². The van der Waals surface area contributed by atoms with E-state index < -0.39 is 24.7 Å². The molecule has 1 rings (SSSR count). The third kappa shape index (κ3) is 5.57. The Morgan fingerprint density at radius 3 is 2.58 bits per heavy atom. The zero-order valence-electron chi connectivity index (χ0n) is 9.72. The van der Waals surface area contributed by atoms with Crippen LogP contribution in [-0.2, 0) is 4.79 Å². The van der Waals surface area contributed by atoms with E-state index in [1.165, 1.54) is 25.1 Å². The first-order valence-electron chi connectivity index (χ1n) is 5.15. The summed E-state index contributed by atoms with van der Waals surface area (Å²) >= 11 is 11.5. The molecule has 3 nitrogen and oxygen atoms in total. The summed E-state index contributed by atoms with van der Waals surface area (Å²) < 4.78 is 40.9. The maximum atomic E-state index is 11.9. The molecule has 0 aliphatic heterocycles. The third-order valence-corrected chi connectivity index (χ3v) is 2.56. The van der Waals surface area contributed by atoms with Crippen LogP contribution in [0.4, 0.5) is 13.2 Å². The van der Waals surface area contributed by atoms with Gasteiger partial charge in [-0.05, 0) is 25.1 Å². The van der Waals surface area contributed by atoms with E-state index in [9.17, 15) is 18.0 Å². The number of ether oxygens (including phenoxy) is 1. The number of hydrogen-bond donors (Lipinski definition) is 1. The molecule has 0 bridgehead atoms. The lowest BCUT2D eigenvalue weighted by molar-refractivity contribution is -0.142. The molecule has 0 aliphatic carbocycles. The van der Waals surface area contributed by atoms with Crippen LogP contribution in [0.2, 0.25) is 10.0 Å². The summed E-state index contributed by atoms with van der Waals surface area (Å²) in [6.07, 6.45) is -5.58. The standard InChI is InChI=1S/C11H10Cl2F3NO2/c1-6(10(18)17-5-11(14,15)16)19-9-3-2-7(12)4-8(9)13/h2-4,6H,5H2,1H3,(H,17,18). The Hall–Kier alpha value is -1.14. The summed E-state index contributed by atoms with van der Waals surface area (Å²) in [6, 6.07) is 4.32. The highest BCUT2D eigenvalue weighted by atomic mass is 35.5. The van der Waals surface area contributed by atoms with Gasteiger partial charge in [0.1, 0.15) is 12.3 Å². The van der Waals surface area contributed by atoms with Crippen molar-refractivity contribution in [2.75, 3.05) is 6.54 Å². The Balaban J connectivity index is 2.59. The molecule has 8 heteroatoms. The number of nitrogens with one attached hydrogen (secondary N) is 1. The Morgan fingerprint density at radius 1 is 1.42 bits per heavy atom. The summed E-state index contributed by atoms with van der Waals surface area (Å²) in [5.41, 5.74) is 0. The Kier molecular flexibility index (Phi) is 5.31. The molecule has 0 aliphatic rings.